The highest BCUT2D eigenvalue weighted by atomic mass is 16.2. The summed E-state index contributed by atoms with van der Waals surface area (Å²) in [5, 5.41) is 5.36. The van der Waals surface area contributed by atoms with Gasteiger partial charge in [-0.1, -0.05) is 65.4 Å². The molecule has 0 rings (SSSR count). The van der Waals surface area contributed by atoms with Crippen molar-refractivity contribution in [3.63, 3.8) is 0 Å². The first-order valence-corrected chi connectivity index (χ1v) is 8.33. The molecule has 2 amide bonds. The lowest BCUT2D eigenvalue weighted by Gasteiger charge is -2.16. The molecule has 2 N–H and O–H groups in total. The van der Waals surface area contributed by atoms with Crippen molar-refractivity contribution in [3.8, 4) is 0 Å². The Hall–Kier alpha value is -1.32. The molecular weight excluding hydrogens is 264 g/mol. The highest BCUT2D eigenvalue weighted by molar-refractivity contribution is 5.87. The Balaban J connectivity index is 4.03. The first kappa shape index (κ1) is 19.7. The van der Waals surface area contributed by atoms with Gasteiger partial charge in [-0.05, 0) is 18.9 Å². The summed E-state index contributed by atoms with van der Waals surface area (Å²) >= 11 is 0. The van der Waals surface area contributed by atoms with Crippen LogP contribution >= 0.6 is 0 Å². The smallest absolute Gasteiger partial charge is 0.244 e. The van der Waals surface area contributed by atoms with Crippen LogP contribution in [0.15, 0.2) is 12.7 Å². The summed E-state index contributed by atoms with van der Waals surface area (Å²) in [5.41, 5.74) is 0. The molecule has 0 saturated carbocycles. The Labute approximate surface area is 129 Å². The predicted molar refractivity (Wildman–Crippen MR) is 87.7 cm³/mol. The normalized spacial score (nSPS) is 11.7. The van der Waals surface area contributed by atoms with Crippen LogP contribution in [-0.2, 0) is 9.59 Å². The summed E-state index contributed by atoms with van der Waals surface area (Å²) in [6, 6.07) is 0. The fraction of sp³-hybridized carbons (Fsp3) is 0.765. The molecule has 0 aliphatic carbocycles. The Morgan fingerprint density at radius 2 is 1.57 bits per heavy atom. The van der Waals surface area contributed by atoms with Gasteiger partial charge < -0.3 is 10.6 Å². The van der Waals surface area contributed by atoms with Crippen molar-refractivity contribution >= 4 is 11.8 Å². The standard InChI is InChI=1S/C17H32N2O2/c1-4-7-9-10-11-13-15(12-8-5-2)17(21)19-14-18-16(20)6-3/h6,15H,3-5,7-14H2,1-2H3,(H,18,20)(H,19,21). The molecule has 0 heterocycles. The molecule has 0 aliphatic heterocycles. The topological polar surface area (TPSA) is 58.2 Å². The zero-order valence-electron chi connectivity index (χ0n) is 13.7. The molecule has 0 spiro atoms. The van der Waals surface area contributed by atoms with Gasteiger partial charge >= 0.3 is 0 Å². The highest BCUT2D eigenvalue weighted by Gasteiger charge is 2.17. The highest BCUT2D eigenvalue weighted by Crippen LogP contribution is 2.17. The monoisotopic (exact) mass is 296 g/mol. The van der Waals surface area contributed by atoms with E-state index in [1.165, 1.54) is 31.8 Å². The summed E-state index contributed by atoms with van der Waals surface area (Å²) in [7, 11) is 0. The van der Waals surface area contributed by atoms with Crippen LogP contribution < -0.4 is 10.6 Å². The van der Waals surface area contributed by atoms with Crippen LogP contribution in [0.4, 0.5) is 0 Å². The molecule has 0 radical (unpaired) electrons. The summed E-state index contributed by atoms with van der Waals surface area (Å²) in [6.07, 6.45) is 11.4. The maximum Gasteiger partial charge on any atom is 0.244 e. The molecule has 0 aromatic heterocycles. The number of hydrogen-bond donors (Lipinski definition) is 2. The van der Waals surface area contributed by atoms with Crippen molar-refractivity contribution in [2.75, 3.05) is 6.67 Å². The number of amides is 2. The fourth-order valence-electron chi connectivity index (χ4n) is 2.29. The van der Waals surface area contributed by atoms with E-state index in [9.17, 15) is 9.59 Å². The molecule has 0 fully saturated rings. The van der Waals surface area contributed by atoms with Crippen molar-refractivity contribution in [1.82, 2.24) is 10.6 Å². The molecule has 122 valence electrons. The van der Waals surface area contributed by atoms with Gasteiger partial charge in [0.15, 0.2) is 0 Å². The third-order valence-electron chi connectivity index (χ3n) is 3.64. The average molecular weight is 296 g/mol. The minimum Gasteiger partial charge on any atom is -0.338 e. The maximum absolute atomic E-state index is 12.2. The molecule has 0 aromatic carbocycles. The van der Waals surface area contributed by atoms with Crippen LogP contribution in [0.25, 0.3) is 0 Å². The molecule has 0 bridgehead atoms. The lowest BCUT2D eigenvalue weighted by molar-refractivity contribution is -0.125. The van der Waals surface area contributed by atoms with Gasteiger partial charge in [-0.25, -0.2) is 0 Å². The first-order valence-electron chi connectivity index (χ1n) is 8.33. The van der Waals surface area contributed by atoms with E-state index >= 15 is 0 Å². The van der Waals surface area contributed by atoms with Crippen molar-refractivity contribution < 1.29 is 9.59 Å². The van der Waals surface area contributed by atoms with Gasteiger partial charge in [-0.15, -0.1) is 0 Å². The van der Waals surface area contributed by atoms with Crippen LogP contribution in [0.3, 0.4) is 0 Å². The summed E-state index contributed by atoms with van der Waals surface area (Å²) < 4.78 is 0. The second kappa shape index (κ2) is 13.7. The van der Waals surface area contributed by atoms with Crippen LogP contribution in [-0.4, -0.2) is 18.5 Å². The third kappa shape index (κ3) is 11.1. The van der Waals surface area contributed by atoms with Crippen molar-refractivity contribution in [2.24, 2.45) is 5.92 Å². The van der Waals surface area contributed by atoms with E-state index in [1.54, 1.807) is 0 Å². The van der Waals surface area contributed by atoms with Gasteiger partial charge in [0.1, 0.15) is 0 Å². The van der Waals surface area contributed by atoms with E-state index in [2.05, 4.69) is 31.1 Å². The van der Waals surface area contributed by atoms with Gasteiger partial charge in [-0.2, -0.15) is 0 Å². The molecule has 0 aliphatic rings. The van der Waals surface area contributed by atoms with Crippen LogP contribution in [0.1, 0.15) is 71.6 Å². The van der Waals surface area contributed by atoms with Gasteiger partial charge in [0, 0.05) is 5.92 Å². The lowest BCUT2D eigenvalue weighted by Crippen LogP contribution is -2.39. The van der Waals surface area contributed by atoms with E-state index in [-0.39, 0.29) is 24.4 Å². The predicted octanol–water partition coefficient (Wildman–Crippen LogP) is 3.53. The summed E-state index contributed by atoms with van der Waals surface area (Å²) in [6.45, 7) is 7.90. The molecule has 0 saturated heterocycles. The quantitative estimate of drug-likeness (QED) is 0.310. The Morgan fingerprint density at radius 3 is 2.19 bits per heavy atom. The zero-order valence-corrected chi connectivity index (χ0v) is 13.7. The van der Waals surface area contributed by atoms with Crippen LogP contribution in [0, 0.1) is 5.92 Å². The number of carbonyl (C=O) groups excluding carboxylic acids is 2. The molecule has 1 atom stereocenters. The van der Waals surface area contributed by atoms with Gasteiger partial charge in [0.25, 0.3) is 0 Å². The molecule has 21 heavy (non-hydrogen) atoms. The first-order chi connectivity index (χ1) is 10.2. The maximum atomic E-state index is 12.2. The average Bonchev–Trinajstić information content (AvgIpc) is 2.49. The van der Waals surface area contributed by atoms with Crippen LogP contribution in [0.2, 0.25) is 0 Å². The Kier molecular flexibility index (Phi) is 12.8. The van der Waals surface area contributed by atoms with E-state index < -0.39 is 0 Å². The van der Waals surface area contributed by atoms with Gasteiger partial charge in [-0.3, -0.25) is 9.59 Å². The minimum absolute atomic E-state index is 0.0586. The van der Waals surface area contributed by atoms with E-state index in [4.69, 9.17) is 0 Å². The number of hydrogen-bond acceptors (Lipinski definition) is 2. The van der Waals surface area contributed by atoms with Crippen molar-refractivity contribution in [2.45, 2.75) is 71.6 Å². The number of carbonyl (C=O) groups is 2. The summed E-state index contributed by atoms with van der Waals surface area (Å²) in [4.78, 5) is 23.2. The van der Waals surface area contributed by atoms with Gasteiger partial charge in [0.2, 0.25) is 11.8 Å². The number of unbranched alkanes of at least 4 members (excludes halogenated alkanes) is 5. The van der Waals surface area contributed by atoms with E-state index in [1.807, 2.05) is 0 Å². The Bertz CT molecular complexity index is 303. The Morgan fingerprint density at radius 1 is 0.952 bits per heavy atom. The van der Waals surface area contributed by atoms with Gasteiger partial charge in [0.05, 0.1) is 6.67 Å². The second-order valence-electron chi connectivity index (χ2n) is 5.50. The minimum atomic E-state index is -0.264. The zero-order chi connectivity index (χ0) is 15.9. The largest absolute Gasteiger partial charge is 0.338 e. The second-order valence-corrected chi connectivity index (χ2v) is 5.50. The number of nitrogens with one attached hydrogen (secondary N) is 2. The molecular formula is C17H32N2O2. The fourth-order valence-corrected chi connectivity index (χ4v) is 2.29. The SMILES string of the molecule is C=CC(=O)NCNC(=O)C(CCCC)CCCCCCC. The lowest BCUT2D eigenvalue weighted by atomic mass is 9.94. The van der Waals surface area contributed by atoms with Crippen molar-refractivity contribution in [3.05, 3.63) is 12.7 Å². The molecule has 1 unspecified atom stereocenters. The van der Waals surface area contributed by atoms with Crippen LogP contribution in [0.5, 0.6) is 0 Å². The third-order valence-corrected chi connectivity index (χ3v) is 3.64. The number of rotatable bonds is 13. The molecule has 4 nitrogen and oxygen atoms in total. The van der Waals surface area contributed by atoms with E-state index in [0.29, 0.717) is 0 Å². The molecule has 0 aromatic rings. The van der Waals surface area contributed by atoms with E-state index in [0.717, 1.165) is 32.1 Å². The molecule has 4 heteroatoms. The summed E-state index contributed by atoms with van der Waals surface area (Å²) in [5.74, 6) is -0.129. The van der Waals surface area contributed by atoms with Crippen molar-refractivity contribution in [1.29, 1.82) is 0 Å².